The van der Waals surface area contributed by atoms with Crippen molar-refractivity contribution in [3.05, 3.63) is 29.7 Å². The average molecular weight is 308 g/mol. The summed E-state index contributed by atoms with van der Waals surface area (Å²) in [6.07, 6.45) is 3.69. The van der Waals surface area contributed by atoms with E-state index in [1.54, 1.807) is 17.5 Å². The molecule has 3 aromatic heterocycles. The molecule has 3 rings (SSSR count). The molecule has 0 amide bonds. The molecule has 8 heteroatoms. The minimum Gasteiger partial charge on any atom is -0.481 e. The van der Waals surface area contributed by atoms with E-state index in [-0.39, 0.29) is 9.70 Å². The molecular weight excluding hydrogens is 294 g/mol. The lowest BCUT2D eigenvalue weighted by atomic mass is 10.3. The summed E-state index contributed by atoms with van der Waals surface area (Å²) in [5, 5.41) is 7.54. The summed E-state index contributed by atoms with van der Waals surface area (Å²) in [5.74, 6) is 1.46. The van der Waals surface area contributed by atoms with Crippen molar-refractivity contribution in [2.75, 3.05) is 7.11 Å². The molecule has 6 nitrogen and oxygen atoms in total. The molecule has 0 bridgehead atoms. The zero-order chi connectivity index (χ0) is 13.9. The van der Waals surface area contributed by atoms with Gasteiger partial charge in [-0.25, -0.2) is 4.98 Å². The van der Waals surface area contributed by atoms with Crippen LogP contribution in [0.1, 0.15) is 19.2 Å². The van der Waals surface area contributed by atoms with Gasteiger partial charge in [0, 0.05) is 12.5 Å². The van der Waals surface area contributed by atoms with E-state index in [0.29, 0.717) is 5.88 Å². The zero-order valence-corrected chi connectivity index (χ0v) is 12.8. The summed E-state index contributed by atoms with van der Waals surface area (Å²) in [7, 11) is 2.82. The first kappa shape index (κ1) is 13.3. The maximum atomic E-state index is 5.11. The maximum absolute atomic E-state index is 5.11. The van der Waals surface area contributed by atoms with Crippen molar-refractivity contribution in [3.8, 4) is 5.88 Å². The summed E-state index contributed by atoms with van der Waals surface area (Å²) >= 11 is 0. The van der Waals surface area contributed by atoms with Crippen molar-refractivity contribution in [3.63, 3.8) is 0 Å². The summed E-state index contributed by atoms with van der Waals surface area (Å²) in [5.41, 5.74) is 0.731. The summed E-state index contributed by atoms with van der Waals surface area (Å²) in [6, 6.07) is 3.82. The van der Waals surface area contributed by atoms with Gasteiger partial charge in [-0.1, -0.05) is 6.92 Å². The fourth-order valence-electron chi connectivity index (χ4n) is 1.71. The van der Waals surface area contributed by atoms with Gasteiger partial charge >= 0.3 is 0 Å². The van der Waals surface area contributed by atoms with Gasteiger partial charge < -0.3 is 4.74 Å². The van der Waals surface area contributed by atoms with Crippen molar-refractivity contribution >= 4 is 31.7 Å². The first-order chi connectivity index (χ1) is 9.78. The molecule has 0 spiro atoms. The van der Waals surface area contributed by atoms with Crippen LogP contribution >= 0.6 is 20.7 Å². The highest BCUT2D eigenvalue weighted by Gasteiger charge is 2.17. The number of aryl methyl sites for hydroxylation is 1. The quantitative estimate of drug-likeness (QED) is 0.533. The average Bonchev–Trinajstić information content (AvgIpc) is 3.05. The first-order valence-corrected chi connectivity index (χ1v) is 8.76. The third-order valence-corrected chi connectivity index (χ3v) is 5.36. The van der Waals surface area contributed by atoms with Gasteiger partial charge in [0.25, 0.3) is 11.0 Å². The third-order valence-electron chi connectivity index (χ3n) is 2.64. The highest BCUT2D eigenvalue weighted by atomic mass is 33.1. The van der Waals surface area contributed by atoms with Crippen LogP contribution in [-0.2, 0) is 6.42 Å². The molecule has 0 aliphatic heterocycles. The van der Waals surface area contributed by atoms with Crippen LogP contribution in [0.5, 0.6) is 5.88 Å². The second-order valence-electron chi connectivity index (χ2n) is 4.14. The molecule has 20 heavy (non-hydrogen) atoms. The second kappa shape index (κ2) is 5.76. The van der Waals surface area contributed by atoms with Crippen LogP contribution in [0.15, 0.2) is 23.8 Å². The highest BCUT2D eigenvalue weighted by Crippen LogP contribution is 2.34. The SMILES string of the molecule is CCCc1ncn(S[s+]2cc3ccc(OC)nc3n2)n1. The fraction of sp³-hybridized carbons (Fsp3) is 0.333. The van der Waals surface area contributed by atoms with E-state index in [1.807, 2.05) is 12.1 Å². The lowest BCUT2D eigenvalue weighted by molar-refractivity contribution is 0.399. The van der Waals surface area contributed by atoms with Gasteiger partial charge in [-0.3, -0.25) is 0 Å². The standard InChI is InChI=1S/C12H14N5OS2/c1-3-4-10-13-8-17(15-10)19-20-7-9-5-6-11(18-2)14-12(9)16-20/h5-8H,3-4H2,1-2H3/q+1. The molecule has 1 atom stereocenters. The van der Waals surface area contributed by atoms with Crippen LogP contribution in [-0.4, -0.2) is 30.6 Å². The Labute approximate surface area is 122 Å². The molecule has 1 unspecified atom stereocenters. The lowest BCUT2D eigenvalue weighted by Crippen LogP contribution is -1.89. The largest absolute Gasteiger partial charge is 0.481 e. The number of aromatic nitrogens is 5. The number of fused-ring (bicyclic) bond motifs is 1. The van der Waals surface area contributed by atoms with E-state index < -0.39 is 0 Å². The number of hydrogen-bond acceptors (Lipinski definition) is 6. The van der Waals surface area contributed by atoms with E-state index >= 15 is 0 Å². The Balaban J connectivity index is 1.82. The predicted octanol–water partition coefficient (Wildman–Crippen LogP) is 2.89. The summed E-state index contributed by atoms with van der Waals surface area (Å²) in [6.45, 7) is 2.12. The van der Waals surface area contributed by atoms with Crippen molar-refractivity contribution in [1.82, 2.24) is 23.5 Å². The molecule has 0 N–H and O–H groups in total. The number of rotatable bonds is 5. The van der Waals surface area contributed by atoms with E-state index in [0.717, 1.165) is 29.7 Å². The lowest BCUT2D eigenvalue weighted by Gasteiger charge is -1.93. The second-order valence-corrected chi connectivity index (χ2v) is 7.11. The monoisotopic (exact) mass is 308 g/mol. The maximum Gasteiger partial charge on any atom is 0.295 e. The Kier molecular flexibility index (Phi) is 3.83. The number of ether oxygens (including phenoxy) is 1. The first-order valence-electron chi connectivity index (χ1n) is 6.22. The minimum atomic E-state index is -0.317. The van der Waals surface area contributed by atoms with Gasteiger partial charge in [0.2, 0.25) is 11.5 Å². The van der Waals surface area contributed by atoms with Gasteiger partial charge in [0.15, 0.2) is 20.9 Å². The fourth-order valence-corrected chi connectivity index (χ4v) is 4.37. The Bertz CT molecular complexity index is 724. The molecule has 0 aromatic carbocycles. The van der Waals surface area contributed by atoms with Crippen molar-refractivity contribution in [2.24, 2.45) is 0 Å². The topological polar surface area (TPSA) is 65.7 Å². The summed E-state index contributed by atoms with van der Waals surface area (Å²) in [4.78, 5) is 8.60. The molecule has 0 saturated carbocycles. The van der Waals surface area contributed by atoms with Crippen LogP contribution in [0.4, 0.5) is 0 Å². The molecule has 3 aromatic rings. The highest BCUT2D eigenvalue weighted by molar-refractivity contribution is 8.43. The molecule has 0 aliphatic carbocycles. The Hall–Kier alpha value is -1.67. The van der Waals surface area contributed by atoms with Gasteiger partial charge in [-0.2, -0.15) is 4.98 Å². The smallest absolute Gasteiger partial charge is 0.295 e. The molecule has 0 radical (unpaired) electrons. The Morgan fingerprint density at radius 3 is 3.10 bits per heavy atom. The van der Waals surface area contributed by atoms with Crippen molar-refractivity contribution < 1.29 is 4.74 Å². The van der Waals surface area contributed by atoms with Crippen LogP contribution in [0.25, 0.3) is 11.0 Å². The van der Waals surface area contributed by atoms with E-state index in [1.165, 1.54) is 11.0 Å². The van der Waals surface area contributed by atoms with Crippen LogP contribution in [0, 0.1) is 0 Å². The molecule has 0 aliphatic rings. The van der Waals surface area contributed by atoms with Crippen molar-refractivity contribution in [1.29, 1.82) is 0 Å². The summed E-state index contributed by atoms with van der Waals surface area (Å²) < 4.78 is 11.4. The minimum absolute atomic E-state index is 0.317. The Morgan fingerprint density at radius 2 is 2.30 bits per heavy atom. The van der Waals surface area contributed by atoms with Gasteiger partial charge in [-0.15, -0.1) is 9.19 Å². The van der Waals surface area contributed by atoms with Crippen LogP contribution < -0.4 is 4.74 Å². The van der Waals surface area contributed by atoms with Gasteiger partial charge in [-0.05, 0) is 16.9 Å². The molecule has 104 valence electrons. The number of nitrogens with zero attached hydrogens (tertiary/aromatic N) is 5. The predicted molar refractivity (Wildman–Crippen MR) is 81.0 cm³/mol. The van der Waals surface area contributed by atoms with Crippen LogP contribution in [0.2, 0.25) is 0 Å². The van der Waals surface area contributed by atoms with Crippen LogP contribution in [0.3, 0.4) is 0 Å². The molecule has 0 saturated heterocycles. The van der Waals surface area contributed by atoms with Gasteiger partial charge in [0.1, 0.15) is 6.33 Å². The number of pyridine rings is 1. The van der Waals surface area contributed by atoms with E-state index in [2.05, 4.69) is 31.7 Å². The molecule has 0 fully saturated rings. The van der Waals surface area contributed by atoms with Gasteiger partial charge in [0.05, 0.1) is 12.5 Å². The molecule has 3 heterocycles. The number of methoxy groups -OCH3 is 1. The number of hydrogen-bond donors (Lipinski definition) is 0. The van der Waals surface area contributed by atoms with E-state index in [9.17, 15) is 0 Å². The normalized spacial score (nSPS) is 12.0. The Morgan fingerprint density at radius 1 is 1.40 bits per heavy atom. The zero-order valence-electron chi connectivity index (χ0n) is 11.2. The molecular formula is C12H14N5OS2+. The van der Waals surface area contributed by atoms with Crippen molar-refractivity contribution in [2.45, 2.75) is 19.8 Å². The third kappa shape index (κ3) is 2.75. The van der Waals surface area contributed by atoms with E-state index in [4.69, 9.17) is 4.74 Å².